The van der Waals surface area contributed by atoms with E-state index in [0.717, 1.165) is 11.5 Å². The number of furan rings is 2. The molecule has 3 nitrogen and oxygen atoms in total. The van der Waals surface area contributed by atoms with E-state index in [1.165, 1.54) is 12.2 Å². The van der Waals surface area contributed by atoms with Crippen molar-refractivity contribution in [3.05, 3.63) is 59.5 Å². The fourth-order valence-corrected chi connectivity index (χ4v) is 1.47. The van der Waals surface area contributed by atoms with Crippen LogP contribution >= 0.6 is 0 Å². The van der Waals surface area contributed by atoms with E-state index in [1.54, 1.807) is 12.2 Å². The van der Waals surface area contributed by atoms with Gasteiger partial charge in [-0.2, -0.15) is 0 Å². The van der Waals surface area contributed by atoms with Gasteiger partial charge < -0.3 is 8.83 Å². The molecule has 0 bridgehead atoms. The summed E-state index contributed by atoms with van der Waals surface area (Å²) in [5, 5.41) is 0. The van der Waals surface area contributed by atoms with E-state index in [-0.39, 0.29) is 5.78 Å². The normalized spacial score (nSPS) is 11.7. The molecule has 0 aliphatic heterocycles. The minimum absolute atomic E-state index is 0.113. The van der Waals surface area contributed by atoms with Crippen molar-refractivity contribution in [3.63, 3.8) is 0 Å². The van der Waals surface area contributed by atoms with Crippen LogP contribution in [0, 0.1) is 13.8 Å². The third-order valence-corrected chi connectivity index (χ3v) is 2.35. The van der Waals surface area contributed by atoms with E-state index in [2.05, 4.69) is 0 Å². The van der Waals surface area contributed by atoms with Crippen LogP contribution in [0.15, 0.2) is 45.3 Å². The van der Waals surface area contributed by atoms with E-state index in [1.807, 2.05) is 38.1 Å². The summed E-state index contributed by atoms with van der Waals surface area (Å²) in [6.07, 6.45) is 6.22. The number of carbonyl (C=O) groups excluding carboxylic acids is 1. The summed E-state index contributed by atoms with van der Waals surface area (Å²) in [6, 6.07) is 7.34. The fourth-order valence-electron chi connectivity index (χ4n) is 1.47. The molecule has 0 N–H and O–H groups in total. The van der Waals surface area contributed by atoms with Gasteiger partial charge in [0.2, 0.25) is 0 Å². The molecule has 0 aliphatic carbocycles. The van der Waals surface area contributed by atoms with Gasteiger partial charge in [0.15, 0.2) is 5.78 Å². The van der Waals surface area contributed by atoms with Gasteiger partial charge in [-0.25, -0.2) is 0 Å². The molecular formula is C15H14O3. The molecule has 0 saturated heterocycles. The Bertz CT molecular complexity index is 545. The van der Waals surface area contributed by atoms with Crippen molar-refractivity contribution < 1.29 is 13.6 Å². The molecule has 18 heavy (non-hydrogen) atoms. The van der Waals surface area contributed by atoms with Gasteiger partial charge in [0.05, 0.1) is 0 Å². The van der Waals surface area contributed by atoms with Crippen LogP contribution in [0.25, 0.3) is 12.2 Å². The minimum atomic E-state index is -0.113. The second-order valence-electron chi connectivity index (χ2n) is 3.97. The summed E-state index contributed by atoms with van der Waals surface area (Å²) >= 11 is 0. The Balaban J connectivity index is 1.96. The highest BCUT2D eigenvalue weighted by Gasteiger charge is 1.96. The highest BCUT2D eigenvalue weighted by atomic mass is 16.3. The van der Waals surface area contributed by atoms with Crippen molar-refractivity contribution in [2.24, 2.45) is 0 Å². The Morgan fingerprint density at radius 3 is 1.67 bits per heavy atom. The summed E-state index contributed by atoms with van der Waals surface area (Å²) in [7, 11) is 0. The molecular weight excluding hydrogens is 228 g/mol. The number of carbonyl (C=O) groups is 1. The second kappa shape index (κ2) is 5.36. The van der Waals surface area contributed by atoms with Crippen molar-refractivity contribution >= 4 is 17.9 Å². The minimum Gasteiger partial charge on any atom is -0.462 e. The molecule has 0 radical (unpaired) electrons. The van der Waals surface area contributed by atoms with E-state index in [9.17, 15) is 4.79 Å². The second-order valence-corrected chi connectivity index (χ2v) is 3.97. The number of rotatable bonds is 4. The lowest BCUT2D eigenvalue weighted by molar-refractivity contribution is -0.110. The monoisotopic (exact) mass is 242 g/mol. The summed E-state index contributed by atoms with van der Waals surface area (Å²) in [5.41, 5.74) is 0. The smallest absolute Gasteiger partial charge is 0.178 e. The number of hydrogen-bond donors (Lipinski definition) is 0. The summed E-state index contributed by atoms with van der Waals surface area (Å²) in [4.78, 5) is 11.5. The maximum Gasteiger partial charge on any atom is 0.178 e. The molecule has 0 amide bonds. The molecule has 0 saturated carbocycles. The molecule has 0 fully saturated rings. The predicted molar refractivity (Wildman–Crippen MR) is 70.0 cm³/mol. The van der Waals surface area contributed by atoms with Gasteiger partial charge in [-0.3, -0.25) is 4.79 Å². The van der Waals surface area contributed by atoms with Crippen molar-refractivity contribution in [3.8, 4) is 0 Å². The molecule has 2 rings (SSSR count). The molecule has 0 aromatic carbocycles. The maximum absolute atomic E-state index is 11.5. The first-order chi connectivity index (χ1) is 8.63. The van der Waals surface area contributed by atoms with E-state index in [0.29, 0.717) is 11.5 Å². The lowest BCUT2D eigenvalue weighted by Gasteiger charge is -1.86. The Hall–Kier alpha value is -2.29. The van der Waals surface area contributed by atoms with Gasteiger partial charge in [0.25, 0.3) is 0 Å². The zero-order valence-corrected chi connectivity index (χ0v) is 10.3. The molecule has 2 heterocycles. The highest BCUT2D eigenvalue weighted by molar-refractivity contribution is 6.04. The van der Waals surface area contributed by atoms with Crippen molar-refractivity contribution in [2.75, 3.05) is 0 Å². The van der Waals surface area contributed by atoms with Gasteiger partial charge in [0, 0.05) is 0 Å². The Kier molecular flexibility index (Phi) is 3.63. The Morgan fingerprint density at radius 1 is 0.889 bits per heavy atom. The van der Waals surface area contributed by atoms with Crippen LogP contribution in [0.1, 0.15) is 23.0 Å². The van der Waals surface area contributed by atoms with Crippen LogP contribution in [0.2, 0.25) is 0 Å². The van der Waals surface area contributed by atoms with Gasteiger partial charge in [-0.15, -0.1) is 0 Å². The summed E-state index contributed by atoms with van der Waals surface area (Å²) in [6.45, 7) is 3.72. The maximum atomic E-state index is 11.5. The third-order valence-electron chi connectivity index (χ3n) is 2.35. The van der Waals surface area contributed by atoms with Crippen molar-refractivity contribution in [2.45, 2.75) is 13.8 Å². The zero-order valence-electron chi connectivity index (χ0n) is 10.3. The number of hydrogen-bond acceptors (Lipinski definition) is 3. The average Bonchev–Trinajstić information content (AvgIpc) is 2.93. The number of allylic oxidation sites excluding steroid dienone is 2. The van der Waals surface area contributed by atoms with Gasteiger partial charge >= 0.3 is 0 Å². The van der Waals surface area contributed by atoms with E-state index < -0.39 is 0 Å². The highest BCUT2D eigenvalue weighted by Crippen LogP contribution is 2.09. The van der Waals surface area contributed by atoms with E-state index in [4.69, 9.17) is 8.83 Å². The largest absolute Gasteiger partial charge is 0.462 e. The first kappa shape index (κ1) is 12.2. The molecule has 2 aromatic heterocycles. The molecule has 92 valence electrons. The third kappa shape index (κ3) is 3.35. The summed E-state index contributed by atoms with van der Waals surface area (Å²) < 4.78 is 10.6. The lowest BCUT2D eigenvalue weighted by Crippen LogP contribution is -1.83. The number of aryl methyl sites for hydroxylation is 2. The van der Waals surface area contributed by atoms with Gasteiger partial charge in [-0.05, 0) is 62.4 Å². The SMILES string of the molecule is Cc1ccc(/C=C\C(=O)/C=C/c2ccc(C)o2)o1. The van der Waals surface area contributed by atoms with Crippen molar-refractivity contribution in [1.82, 2.24) is 0 Å². The van der Waals surface area contributed by atoms with Crippen LogP contribution in [0.3, 0.4) is 0 Å². The Morgan fingerprint density at radius 2 is 1.33 bits per heavy atom. The molecule has 2 aromatic rings. The van der Waals surface area contributed by atoms with Crippen LogP contribution in [-0.2, 0) is 4.79 Å². The van der Waals surface area contributed by atoms with E-state index >= 15 is 0 Å². The summed E-state index contributed by atoms with van der Waals surface area (Å²) in [5.74, 6) is 2.87. The lowest BCUT2D eigenvalue weighted by atomic mass is 10.3. The van der Waals surface area contributed by atoms with Gasteiger partial charge in [0.1, 0.15) is 23.0 Å². The molecule has 0 unspecified atom stereocenters. The fraction of sp³-hybridized carbons (Fsp3) is 0.133. The first-order valence-electron chi connectivity index (χ1n) is 5.66. The molecule has 0 atom stereocenters. The van der Waals surface area contributed by atoms with Crippen LogP contribution in [0.5, 0.6) is 0 Å². The van der Waals surface area contributed by atoms with Crippen molar-refractivity contribution in [1.29, 1.82) is 0 Å². The van der Waals surface area contributed by atoms with Crippen LogP contribution in [-0.4, -0.2) is 5.78 Å². The standard InChI is InChI=1S/C15H14O3/c1-11-3-7-14(17-11)9-5-13(16)6-10-15-8-4-12(2)18-15/h3-10H,1-2H3/b9-5-,10-6+. The quantitative estimate of drug-likeness (QED) is 0.766. The topological polar surface area (TPSA) is 43.4 Å². The first-order valence-corrected chi connectivity index (χ1v) is 5.66. The number of ketones is 1. The average molecular weight is 242 g/mol. The van der Waals surface area contributed by atoms with Crippen LogP contribution in [0.4, 0.5) is 0 Å². The Labute approximate surface area is 105 Å². The molecule has 3 heteroatoms. The molecule has 0 spiro atoms. The van der Waals surface area contributed by atoms with Gasteiger partial charge in [-0.1, -0.05) is 0 Å². The zero-order chi connectivity index (χ0) is 13.0. The molecule has 0 aliphatic rings. The van der Waals surface area contributed by atoms with Crippen LogP contribution < -0.4 is 0 Å². The predicted octanol–water partition coefficient (Wildman–Crippen LogP) is 3.79.